The van der Waals surface area contributed by atoms with Crippen LogP contribution in [0.5, 0.6) is 0 Å². The molecule has 0 spiro atoms. The number of methoxy groups -OCH3 is 1. The van der Waals surface area contributed by atoms with Crippen molar-refractivity contribution >= 4 is 29.5 Å². The van der Waals surface area contributed by atoms with Crippen LogP contribution in [-0.2, 0) is 33.4 Å². The average Bonchev–Trinajstić information content (AvgIpc) is 3.11. The number of hydrogen-bond acceptors (Lipinski definition) is 10. The summed E-state index contributed by atoms with van der Waals surface area (Å²) >= 11 is 0. The third-order valence-electron chi connectivity index (χ3n) is 5.87. The van der Waals surface area contributed by atoms with Gasteiger partial charge in [0.15, 0.2) is 0 Å². The second kappa shape index (κ2) is 16.0. The molecule has 1 fully saturated rings. The molecule has 0 aromatic heterocycles. The molecule has 0 bridgehead atoms. The Kier molecular flexibility index (Phi) is 13.8. The third kappa shape index (κ3) is 10.3. The van der Waals surface area contributed by atoms with Gasteiger partial charge in [0.2, 0.25) is 29.5 Å². The first kappa shape index (κ1) is 32.9. The van der Waals surface area contributed by atoms with Crippen LogP contribution < -0.4 is 32.3 Å². The van der Waals surface area contributed by atoms with Crippen LogP contribution >= 0.6 is 0 Å². The lowest BCUT2D eigenvalue weighted by atomic mass is 10.1. The normalized spacial score (nSPS) is 23.0. The molecule has 1 heterocycles. The Labute approximate surface area is 221 Å². The molecule has 0 saturated carbocycles. The maximum Gasteiger partial charge on any atom is 0.247 e. The van der Waals surface area contributed by atoms with Crippen molar-refractivity contribution < 1.29 is 43.7 Å². The monoisotopic (exact) mass is 544 g/mol. The molecule has 0 aromatic carbocycles. The van der Waals surface area contributed by atoms with Gasteiger partial charge in [0.25, 0.3) is 0 Å². The largest absolute Gasteiger partial charge is 0.388 e. The molecule has 1 saturated heterocycles. The van der Waals surface area contributed by atoms with Crippen molar-refractivity contribution in [2.75, 3.05) is 27.4 Å². The van der Waals surface area contributed by atoms with Crippen LogP contribution in [0.4, 0.5) is 0 Å². The Balaban J connectivity index is 2.59. The summed E-state index contributed by atoms with van der Waals surface area (Å²) in [5.74, 6) is -2.82. The molecule has 216 valence electrons. The zero-order valence-electron chi connectivity index (χ0n) is 22.1. The fourth-order valence-electron chi connectivity index (χ4n) is 3.66. The van der Waals surface area contributed by atoms with Gasteiger partial charge in [0.05, 0.1) is 18.6 Å². The van der Waals surface area contributed by atoms with Gasteiger partial charge >= 0.3 is 0 Å². The number of primary amides is 1. The van der Waals surface area contributed by atoms with Gasteiger partial charge in [-0.15, -0.1) is 0 Å². The first-order valence-electron chi connectivity index (χ1n) is 12.1. The van der Waals surface area contributed by atoms with E-state index in [4.69, 9.17) is 15.2 Å². The van der Waals surface area contributed by atoms with E-state index in [1.807, 2.05) is 0 Å². The van der Waals surface area contributed by atoms with Crippen LogP contribution in [0, 0.1) is 0 Å². The van der Waals surface area contributed by atoms with Crippen molar-refractivity contribution in [2.45, 2.75) is 75.7 Å². The minimum absolute atomic E-state index is 0.0247. The molecule has 0 unspecified atom stereocenters. The average molecular weight is 545 g/mol. The number of likely N-dealkylation sites (N-methyl/N-ethyl adjacent to an activating group) is 1. The van der Waals surface area contributed by atoms with E-state index in [1.54, 1.807) is 6.92 Å². The molecule has 38 heavy (non-hydrogen) atoms. The zero-order chi connectivity index (χ0) is 29.0. The van der Waals surface area contributed by atoms with Gasteiger partial charge in [-0.3, -0.25) is 24.0 Å². The first-order valence-corrected chi connectivity index (χ1v) is 12.1. The van der Waals surface area contributed by atoms with E-state index in [0.29, 0.717) is 5.57 Å². The lowest BCUT2D eigenvalue weighted by Gasteiger charge is -2.24. The van der Waals surface area contributed by atoms with Crippen molar-refractivity contribution in [3.05, 3.63) is 12.2 Å². The fraction of sp³-hybridized carbons (Fsp3) is 0.696. The van der Waals surface area contributed by atoms with E-state index >= 15 is 0 Å². The Morgan fingerprint density at radius 3 is 2.21 bits per heavy atom. The van der Waals surface area contributed by atoms with Crippen molar-refractivity contribution in [1.82, 2.24) is 26.6 Å². The molecular formula is C23H40N6O9. The maximum atomic E-state index is 12.8. The molecular weight excluding hydrogens is 504 g/mol. The summed E-state index contributed by atoms with van der Waals surface area (Å²) in [5.41, 5.74) is 5.43. The molecule has 1 aliphatic rings. The molecule has 1 rings (SSSR count). The SMILES string of the molecule is C=C(C)[C@H](NC(=O)[C@H](CCC(=O)NC[C@H]1O[C@@H](CC(N)=O)[C@H](O)[C@@H]1O)NC)C(=O)N[C@@H](C)C(=O)NCOC. The number of carbonyl (C=O) groups is 5. The highest BCUT2D eigenvalue weighted by Gasteiger charge is 2.43. The summed E-state index contributed by atoms with van der Waals surface area (Å²) in [6.07, 6.45) is -4.83. The van der Waals surface area contributed by atoms with Gasteiger partial charge in [-0.05, 0) is 32.9 Å². The molecule has 9 N–H and O–H groups in total. The second-order valence-corrected chi connectivity index (χ2v) is 9.04. The third-order valence-corrected chi connectivity index (χ3v) is 5.87. The van der Waals surface area contributed by atoms with E-state index in [1.165, 1.54) is 21.1 Å². The summed E-state index contributed by atoms with van der Waals surface area (Å²) in [6.45, 7) is 6.60. The number of nitrogens with two attached hydrogens (primary N) is 1. The van der Waals surface area contributed by atoms with Gasteiger partial charge in [0.1, 0.15) is 37.1 Å². The quantitative estimate of drug-likeness (QED) is 0.0695. The smallest absolute Gasteiger partial charge is 0.247 e. The van der Waals surface area contributed by atoms with E-state index in [-0.39, 0.29) is 32.5 Å². The maximum absolute atomic E-state index is 12.8. The van der Waals surface area contributed by atoms with Crippen LogP contribution in [-0.4, -0.2) is 110 Å². The topological polar surface area (TPSA) is 230 Å². The molecule has 15 nitrogen and oxygen atoms in total. The Bertz CT molecular complexity index is 870. The Morgan fingerprint density at radius 1 is 1.03 bits per heavy atom. The van der Waals surface area contributed by atoms with Gasteiger partial charge < -0.3 is 52.0 Å². The van der Waals surface area contributed by atoms with Gasteiger partial charge in [-0.25, -0.2) is 0 Å². The molecule has 15 heteroatoms. The van der Waals surface area contributed by atoms with E-state index in [2.05, 4.69) is 33.2 Å². The predicted octanol–water partition coefficient (Wildman–Crippen LogP) is -3.88. The van der Waals surface area contributed by atoms with Crippen molar-refractivity contribution in [1.29, 1.82) is 0 Å². The zero-order valence-corrected chi connectivity index (χ0v) is 22.1. The lowest BCUT2D eigenvalue weighted by Crippen LogP contribution is -2.55. The standard InChI is InChI=1S/C23H40N6O9/c1-11(2)18(23(36)28-12(3)21(34)27-10-37-5)29-22(35)13(25-4)6-7-17(31)26-9-15-20(33)19(32)14(38-15)8-16(24)30/h12-15,18-20,25,32-33H,1,6-10H2,2-5H3,(H2,24,30)(H,26,31)(H,27,34)(H,28,36)(H,29,35)/t12-,13-,14-,15+,18-,19-,20+/m0/s1. The van der Waals surface area contributed by atoms with Crippen LogP contribution in [0.15, 0.2) is 12.2 Å². The highest BCUT2D eigenvalue weighted by molar-refractivity contribution is 5.94. The number of amides is 5. The lowest BCUT2D eigenvalue weighted by molar-refractivity contribution is -0.132. The van der Waals surface area contributed by atoms with Gasteiger partial charge in [-0.2, -0.15) is 0 Å². The molecule has 1 aliphatic heterocycles. The number of aliphatic hydroxyl groups is 2. The fourth-order valence-corrected chi connectivity index (χ4v) is 3.66. The van der Waals surface area contributed by atoms with E-state index in [0.717, 1.165) is 0 Å². The number of hydrogen-bond donors (Lipinski definition) is 8. The van der Waals surface area contributed by atoms with Crippen molar-refractivity contribution in [2.24, 2.45) is 5.73 Å². The summed E-state index contributed by atoms with van der Waals surface area (Å²) < 4.78 is 10.2. The van der Waals surface area contributed by atoms with E-state index < -0.39 is 72.1 Å². The Morgan fingerprint density at radius 2 is 1.66 bits per heavy atom. The van der Waals surface area contributed by atoms with Crippen molar-refractivity contribution in [3.8, 4) is 0 Å². The van der Waals surface area contributed by atoms with Crippen LogP contribution in [0.3, 0.4) is 0 Å². The first-order chi connectivity index (χ1) is 17.8. The highest BCUT2D eigenvalue weighted by atomic mass is 16.5. The minimum atomic E-state index is -1.32. The number of ether oxygens (including phenoxy) is 2. The molecule has 5 amide bonds. The number of nitrogens with one attached hydrogen (secondary N) is 5. The second-order valence-electron chi connectivity index (χ2n) is 9.04. The summed E-state index contributed by atoms with van der Waals surface area (Å²) in [6, 6.07) is -2.85. The van der Waals surface area contributed by atoms with E-state index in [9.17, 15) is 34.2 Å². The minimum Gasteiger partial charge on any atom is -0.388 e. The summed E-state index contributed by atoms with van der Waals surface area (Å²) in [7, 11) is 2.92. The van der Waals surface area contributed by atoms with Crippen molar-refractivity contribution in [3.63, 3.8) is 0 Å². The van der Waals surface area contributed by atoms with Crippen LogP contribution in [0.1, 0.15) is 33.1 Å². The molecule has 7 atom stereocenters. The molecule has 0 aliphatic carbocycles. The predicted molar refractivity (Wildman–Crippen MR) is 134 cm³/mol. The van der Waals surface area contributed by atoms with Crippen LogP contribution in [0.25, 0.3) is 0 Å². The highest BCUT2D eigenvalue weighted by Crippen LogP contribution is 2.23. The van der Waals surface area contributed by atoms with Gasteiger partial charge in [0, 0.05) is 20.1 Å². The van der Waals surface area contributed by atoms with Crippen LogP contribution in [0.2, 0.25) is 0 Å². The Hall–Kier alpha value is -3.11. The van der Waals surface area contributed by atoms with Gasteiger partial charge in [-0.1, -0.05) is 6.58 Å². The number of aliphatic hydroxyl groups excluding tert-OH is 2. The summed E-state index contributed by atoms with van der Waals surface area (Å²) in [4.78, 5) is 60.8. The molecule has 0 aromatic rings. The summed E-state index contributed by atoms with van der Waals surface area (Å²) in [5, 5.41) is 32.9. The number of carbonyl (C=O) groups excluding carboxylic acids is 5. The molecule has 0 radical (unpaired) electrons. The number of rotatable bonds is 16.